The second-order valence-corrected chi connectivity index (χ2v) is 4.73. The minimum Gasteiger partial charge on any atom is -0.497 e. The number of carbonyl (C=O) groups excluding carboxylic acids is 1. The minimum atomic E-state index is -1.49. The molecule has 0 aromatic rings. The van der Waals surface area contributed by atoms with Gasteiger partial charge >= 0.3 is 0 Å². The van der Waals surface area contributed by atoms with E-state index in [0.717, 1.165) is 0 Å². The van der Waals surface area contributed by atoms with Crippen LogP contribution in [0, 0.1) is 11.3 Å². The third kappa shape index (κ3) is 3.82. The van der Waals surface area contributed by atoms with Crippen LogP contribution in [0.5, 0.6) is 0 Å². The fourth-order valence-corrected chi connectivity index (χ4v) is 2.08. The maximum atomic E-state index is 13.6. The van der Waals surface area contributed by atoms with Crippen molar-refractivity contribution in [3.63, 3.8) is 0 Å². The predicted octanol–water partition coefficient (Wildman–Crippen LogP) is 1.95. The topological polar surface area (TPSA) is 71.4 Å². The first kappa shape index (κ1) is 16.2. The number of halogens is 1. The van der Waals surface area contributed by atoms with Gasteiger partial charge in [-0.05, 0) is 19.4 Å². The molecular weight excluding hydrogens is 263 g/mol. The lowest BCUT2D eigenvalue weighted by atomic mass is 9.97. The molecule has 0 radical (unpaired) electrons. The first-order valence-corrected chi connectivity index (χ1v) is 6.48. The molecule has 1 aliphatic rings. The Kier molecular flexibility index (Phi) is 5.73. The number of nitrogens with one attached hydrogen (secondary N) is 2. The summed E-state index contributed by atoms with van der Waals surface area (Å²) in [5.41, 5.74) is 0.547. The Morgan fingerprint density at radius 2 is 2.25 bits per heavy atom. The Labute approximate surface area is 118 Å². The highest BCUT2D eigenvalue weighted by molar-refractivity contribution is 5.90. The molecule has 1 aliphatic heterocycles. The Hall–Kier alpha value is -1.85. The molecule has 6 heteroatoms. The van der Waals surface area contributed by atoms with Crippen LogP contribution in [-0.2, 0) is 14.3 Å². The molecule has 0 aromatic carbocycles. The first-order chi connectivity index (χ1) is 9.40. The molecule has 1 heterocycles. The summed E-state index contributed by atoms with van der Waals surface area (Å²) in [6, 6.07) is -0.402. The van der Waals surface area contributed by atoms with Crippen molar-refractivity contribution in [1.82, 2.24) is 5.32 Å². The molecular formula is C14H21FN2O3. The molecule has 1 fully saturated rings. The molecule has 0 aliphatic carbocycles. The summed E-state index contributed by atoms with van der Waals surface area (Å²) in [6.45, 7) is 7.21. The van der Waals surface area contributed by atoms with Crippen molar-refractivity contribution in [2.45, 2.75) is 32.5 Å². The van der Waals surface area contributed by atoms with Crippen LogP contribution in [-0.4, -0.2) is 37.7 Å². The minimum absolute atomic E-state index is 0.0467. The fraction of sp³-hybridized carbons (Fsp3) is 0.571. The zero-order valence-electron chi connectivity index (χ0n) is 12.0. The van der Waals surface area contributed by atoms with Crippen LogP contribution >= 0.6 is 0 Å². The number of ether oxygens (including phenoxy) is 2. The SMILES string of the molecule is C=C(/C=C(\C)C(=N)OCC1NC(=O)[C@H](F)[C@@H]1CC)OC. The summed E-state index contributed by atoms with van der Waals surface area (Å²) in [4.78, 5) is 11.3. The van der Waals surface area contributed by atoms with Gasteiger partial charge in [-0.3, -0.25) is 10.2 Å². The van der Waals surface area contributed by atoms with Gasteiger partial charge in [-0.15, -0.1) is 0 Å². The van der Waals surface area contributed by atoms with E-state index >= 15 is 0 Å². The standard InChI is InChI=1S/C14H21FN2O3/c1-5-10-11(17-14(18)12(10)15)7-20-13(16)8(2)6-9(3)19-4/h6,10-12,16H,3,5,7H2,1-2,4H3,(H,17,18)/b8-6+,16-13?/t10-,11?,12-/m1/s1. The Morgan fingerprint density at radius 1 is 1.60 bits per heavy atom. The fourth-order valence-electron chi connectivity index (χ4n) is 2.08. The molecule has 0 bridgehead atoms. The smallest absolute Gasteiger partial charge is 0.255 e. The number of alkyl halides is 1. The van der Waals surface area contributed by atoms with Gasteiger partial charge in [-0.1, -0.05) is 13.5 Å². The number of hydrogen-bond acceptors (Lipinski definition) is 4. The van der Waals surface area contributed by atoms with Crippen LogP contribution in [0.2, 0.25) is 0 Å². The van der Waals surface area contributed by atoms with Gasteiger partial charge in [0.1, 0.15) is 12.4 Å². The summed E-state index contributed by atoms with van der Waals surface area (Å²) < 4.78 is 23.8. The Bertz CT molecular complexity index is 434. The summed E-state index contributed by atoms with van der Waals surface area (Å²) in [5.74, 6) is -0.639. The van der Waals surface area contributed by atoms with Crippen molar-refractivity contribution in [1.29, 1.82) is 5.41 Å². The van der Waals surface area contributed by atoms with Crippen LogP contribution < -0.4 is 5.32 Å². The summed E-state index contributed by atoms with van der Waals surface area (Å²) in [6.07, 6.45) is 0.620. The molecule has 0 saturated carbocycles. The van der Waals surface area contributed by atoms with Crippen LogP contribution in [0.25, 0.3) is 0 Å². The van der Waals surface area contributed by atoms with E-state index in [9.17, 15) is 9.18 Å². The molecule has 20 heavy (non-hydrogen) atoms. The molecule has 1 unspecified atom stereocenters. The Morgan fingerprint density at radius 3 is 2.80 bits per heavy atom. The summed E-state index contributed by atoms with van der Waals surface area (Å²) in [7, 11) is 1.48. The van der Waals surface area contributed by atoms with E-state index in [0.29, 0.717) is 17.8 Å². The molecule has 5 nitrogen and oxygen atoms in total. The zero-order valence-corrected chi connectivity index (χ0v) is 12.0. The second-order valence-electron chi connectivity index (χ2n) is 4.73. The number of rotatable bonds is 6. The van der Waals surface area contributed by atoms with Gasteiger partial charge in [0.25, 0.3) is 5.91 Å². The first-order valence-electron chi connectivity index (χ1n) is 6.48. The van der Waals surface area contributed by atoms with E-state index in [1.54, 1.807) is 13.0 Å². The van der Waals surface area contributed by atoms with E-state index in [4.69, 9.17) is 14.9 Å². The second kappa shape index (κ2) is 7.07. The van der Waals surface area contributed by atoms with Gasteiger partial charge in [0.2, 0.25) is 5.90 Å². The largest absolute Gasteiger partial charge is 0.497 e. The van der Waals surface area contributed by atoms with E-state index < -0.39 is 24.0 Å². The molecule has 1 rings (SSSR count). The van der Waals surface area contributed by atoms with Gasteiger partial charge in [0.15, 0.2) is 6.17 Å². The van der Waals surface area contributed by atoms with Gasteiger partial charge < -0.3 is 14.8 Å². The van der Waals surface area contributed by atoms with Gasteiger partial charge in [0.05, 0.1) is 13.2 Å². The third-order valence-corrected chi connectivity index (χ3v) is 3.35. The van der Waals surface area contributed by atoms with Crippen LogP contribution in [0.15, 0.2) is 24.0 Å². The predicted molar refractivity (Wildman–Crippen MR) is 74.2 cm³/mol. The monoisotopic (exact) mass is 284 g/mol. The summed E-state index contributed by atoms with van der Waals surface area (Å²) >= 11 is 0. The van der Waals surface area contributed by atoms with Gasteiger partial charge in [-0.2, -0.15) is 0 Å². The number of methoxy groups -OCH3 is 1. The van der Waals surface area contributed by atoms with Crippen molar-refractivity contribution in [2.75, 3.05) is 13.7 Å². The average Bonchev–Trinajstić information content (AvgIpc) is 2.70. The van der Waals surface area contributed by atoms with Crippen LogP contribution in [0.3, 0.4) is 0 Å². The molecule has 1 amide bonds. The van der Waals surface area contributed by atoms with Crippen molar-refractivity contribution in [3.8, 4) is 0 Å². The van der Waals surface area contributed by atoms with E-state index in [1.807, 2.05) is 6.92 Å². The zero-order chi connectivity index (χ0) is 15.3. The lowest BCUT2D eigenvalue weighted by Gasteiger charge is -2.18. The summed E-state index contributed by atoms with van der Waals surface area (Å²) in [5, 5.41) is 10.3. The van der Waals surface area contributed by atoms with Crippen molar-refractivity contribution >= 4 is 11.8 Å². The van der Waals surface area contributed by atoms with Gasteiger partial charge in [0, 0.05) is 11.5 Å². The van der Waals surface area contributed by atoms with Crippen molar-refractivity contribution in [3.05, 3.63) is 24.0 Å². The van der Waals surface area contributed by atoms with E-state index in [1.165, 1.54) is 7.11 Å². The number of hydrogen-bond donors (Lipinski definition) is 2. The van der Waals surface area contributed by atoms with Crippen molar-refractivity contribution < 1.29 is 18.7 Å². The maximum absolute atomic E-state index is 13.6. The van der Waals surface area contributed by atoms with Crippen molar-refractivity contribution in [2.24, 2.45) is 5.92 Å². The van der Waals surface area contributed by atoms with E-state index in [-0.39, 0.29) is 12.5 Å². The Balaban J connectivity index is 2.55. The molecule has 1 saturated heterocycles. The maximum Gasteiger partial charge on any atom is 0.255 e. The number of amides is 1. The normalized spacial score (nSPS) is 26.1. The highest BCUT2D eigenvalue weighted by atomic mass is 19.1. The molecule has 0 spiro atoms. The highest BCUT2D eigenvalue weighted by Crippen LogP contribution is 2.24. The van der Waals surface area contributed by atoms with Crippen LogP contribution in [0.1, 0.15) is 20.3 Å². The van der Waals surface area contributed by atoms with Crippen LogP contribution in [0.4, 0.5) is 4.39 Å². The highest BCUT2D eigenvalue weighted by Gasteiger charge is 2.41. The number of allylic oxidation sites excluding steroid dienone is 1. The third-order valence-electron chi connectivity index (χ3n) is 3.35. The lowest BCUT2D eigenvalue weighted by molar-refractivity contribution is -0.123. The lowest BCUT2D eigenvalue weighted by Crippen LogP contribution is -2.34. The number of carbonyl (C=O) groups is 1. The average molecular weight is 284 g/mol. The molecule has 2 N–H and O–H groups in total. The van der Waals surface area contributed by atoms with Gasteiger partial charge in [-0.25, -0.2) is 4.39 Å². The van der Waals surface area contributed by atoms with E-state index in [2.05, 4.69) is 11.9 Å². The molecule has 3 atom stereocenters. The quantitative estimate of drug-likeness (QED) is 0.339. The molecule has 112 valence electrons. The molecule has 0 aromatic heterocycles.